The van der Waals surface area contributed by atoms with Gasteiger partial charge in [-0.05, 0) is 47.9 Å². The standard InChI is InChI=1S/C17H15Cl2NO/c1-2-12-3-7-14(8-4-12)20-17(21)10-6-13-5-9-15(18)16(19)11-13/h3-11H,2H2,1H3,(H,20,21). The quantitative estimate of drug-likeness (QED) is 0.770. The fraction of sp³-hybridized carbons (Fsp3) is 0.118. The molecule has 0 aliphatic heterocycles. The third-order valence-electron chi connectivity index (χ3n) is 3.00. The van der Waals surface area contributed by atoms with E-state index in [-0.39, 0.29) is 5.91 Å². The van der Waals surface area contributed by atoms with Gasteiger partial charge in [-0.1, -0.05) is 48.3 Å². The van der Waals surface area contributed by atoms with Crippen LogP contribution in [0.1, 0.15) is 18.1 Å². The predicted molar refractivity (Wildman–Crippen MR) is 89.9 cm³/mol. The van der Waals surface area contributed by atoms with E-state index in [0.717, 1.165) is 17.7 Å². The minimum atomic E-state index is -0.190. The average Bonchev–Trinajstić information content (AvgIpc) is 2.49. The van der Waals surface area contributed by atoms with Gasteiger partial charge in [-0.15, -0.1) is 0 Å². The number of rotatable bonds is 4. The maximum atomic E-state index is 11.8. The molecule has 1 N–H and O–H groups in total. The molecule has 1 amide bonds. The van der Waals surface area contributed by atoms with Crippen LogP contribution in [0.25, 0.3) is 6.08 Å². The number of nitrogens with one attached hydrogen (secondary N) is 1. The molecule has 2 nitrogen and oxygen atoms in total. The van der Waals surface area contributed by atoms with Gasteiger partial charge in [-0.3, -0.25) is 4.79 Å². The molecule has 2 aromatic carbocycles. The lowest BCUT2D eigenvalue weighted by atomic mass is 10.1. The Morgan fingerprint density at radius 2 is 1.81 bits per heavy atom. The van der Waals surface area contributed by atoms with Gasteiger partial charge in [0.15, 0.2) is 0 Å². The number of carbonyl (C=O) groups is 1. The summed E-state index contributed by atoms with van der Waals surface area (Å²) in [6.45, 7) is 2.09. The van der Waals surface area contributed by atoms with Crippen LogP contribution in [0.3, 0.4) is 0 Å². The molecule has 0 saturated carbocycles. The van der Waals surface area contributed by atoms with E-state index < -0.39 is 0 Å². The minimum absolute atomic E-state index is 0.190. The van der Waals surface area contributed by atoms with Crippen molar-refractivity contribution in [3.8, 4) is 0 Å². The average molecular weight is 320 g/mol. The van der Waals surface area contributed by atoms with Crippen LogP contribution in [-0.4, -0.2) is 5.91 Å². The molecule has 0 saturated heterocycles. The number of aryl methyl sites for hydroxylation is 1. The molecule has 4 heteroatoms. The Morgan fingerprint density at radius 1 is 1.10 bits per heavy atom. The van der Waals surface area contributed by atoms with Crippen molar-refractivity contribution in [1.29, 1.82) is 0 Å². The van der Waals surface area contributed by atoms with Crippen LogP contribution in [-0.2, 0) is 11.2 Å². The van der Waals surface area contributed by atoms with Crippen LogP contribution in [0.15, 0.2) is 48.5 Å². The largest absolute Gasteiger partial charge is 0.323 e. The fourth-order valence-corrected chi connectivity index (χ4v) is 2.10. The second-order valence-electron chi connectivity index (χ2n) is 4.55. The van der Waals surface area contributed by atoms with E-state index in [0.29, 0.717) is 10.0 Å². The SMILES string of the molecule is CCc1ccc(NC(=O)C=Cc2ccc(Cl)c(Cl)c2)cc1. The van der Waals surface area contributed by atoms with E-state index in [1.807, 2.05) is 24.3 Å². The van der Waals surface area contributed by atoms with Crippen molar-refractivity contribution in [2.75, 3.05) is 5.32 Å². The summed E-state index contributed by atoms with van der Waals surface area (Å²) in [7, 11) is 0. The third kappa shape index (κ3) is 4.62. The fourth-order valence-electron chi connectivity index (χ4n) is 1.80. The highest BCUT2D eigenvalue weighted by atomic mass is 35.5. The van der Waals surface area contributed by atoms with E-state index in [2.05, 4.69) is 12.2 Å². The second kappa shape index (κ2) is 7.30. The van der Waals surface area contributed by atoms with Crippen molar-refractivity contribution in [3.63, 3.8) is 0 Å². The molecule has 0 aromatic heterocycles. The lowest BCUT2D eigenvalue weighted by Crippen LogP contribution is -2.07. The Morgan fingerprint density at radius 3 is 2.43 bits per heavy atom. The first kappa shape index (κ1) is 15.6. The molecule has 0 aliphatic carbocycles. The zero-order valence-corrected chi connectivity index (χ0v) is 13.1. The Hall–Kier alpha value is -1.77. The van der Waals surface area contributed by atoms with Crippen molar-refractivity contribution >= 4 is 40.9 Å². The monoisotopic (exact) mass is 319 g/mol. The number of halogens is 2. The van der Waals surface area contributed by atoms with Gasteiger partial charge in [0.1, 0.15) is 0 Å². The summed E-state index contributed by atoms with van der Waals surface area (Å²) in [6.07, 6.45) is 4.14. The summed E-state index contributed by atoms with van der Waals surface area (Å²) >= 11 is 11.8. The molecule has 0 heterocycles. The van der Waals surface area contributed by atoms with E-state index in [4.69, 9.17) is 23.2 Å². The molecular weight excluding hydrogens is 305 g/mol. The Kier molecular flexibility index (Phi) is 5.43. The second-order valence-corrected chi connectivity index (χ2v) is 5.36. The Labute approximate surface area is 134 Å². The Bertz CT molecular complexity index is 663. The third-order valence-corrected chi connectivity index (χ3v) is 3.74. The number of hydrogen-bond acceptors (Lipinski definition) is 1. The van der Waals surface area contributed by atoms with Gasteiger partial charge in [-0.25, -0.2) is 0 Å². The first-order valence-corrected chi connectivity index (χ1v) is 7.37. The van der Waals surface area contributed by atoms with Gasteiger partial charge < -0.3 is 5.32 Å². The van der Waals surface area contributed by atoms with Gasteiger partial charge in [-0.2, -0.15) is 0 Å². The summed E-state index contributed by atoms with van der Waals surface area (Å²) in [6, 6.07) is 13.0. The van der Waals surface area contributed by atoms with Crippen LogP contribution >= 0.6 is 23.2 Å². The highest BCUT2D eigenvalue weighted by molar-refractivity contribution is 6.42. The summed E-state index contributed by atoms with van der Waals surface area (Å²) in [5.41, 5.74) is 2.83. The van der Waals surface area contributed by atoms with Crippen LogP contribution in [0.2, 0.25) is 10.0 Å². The maximum Gasteiger partial charge on any atom is 0.248 e. The van der Waals surface area contributed by atoms with Crippen LogP contribution in [0.5, 0.6) is 0 Å². The number of benzene rings is 2. The first-order chi connectivity index (χ1) is 10.1. The van der Waals surface area contributed by atoms with Gasteiger partial charge in [0.25, 0.3) is 0 Å². The molecular formula is C17H15Cl2NO. The van der Waals surface area contributed by atoms with Gasteiger partial charge in [0, 0.05) is 11.8 Å². The van der Waals surface area contributed by atoms with Crippen LogP contribution in [0, 0.1) is 0 Å². The number of anilines is 1. The molecule has 0 spiro atoms. The number of amides is 1. The smallest absolute Gasteiger partial charge is 0.248 e. The topological polar surface area (TPSA) is 29.1 Å². The zero-order chi connectivity index (χ0) is 15.2. The van der Waals surface area contributed by atoms with E-state index >= 15 is 0 Å². The van der Waals surface area contributed by atoms with Gasteiger partial charge in [0.05, 0.1) is 10.0 Å². The molecule has 0 aliphatic rings. The molecule has 21 heavy (non-hydrogen) atoms. The van der Waals surface area contributed by atoms with E-state index in [1.54, 1.807) is 24.3 Å². The summed E-state index contributed by atoms with van der Waals surface area (Å²) in [4.78, 5) is 11.8. The summed E-state index contributed by atoms with van der Waals surface area (Å²) in [5, 5.41) is 3.77. The summed E-state index contributed by atoms with van der Waals surface area (Å²) < 4.78 is 0. The van der Waals surface area contributed by atoms with Crippen molar-refractivity contribution in [2.24, 2.45) is 0 Å². The van der Waals surface area contributed by atoms with Crippen LogP contribution < -0.4 is 5.32 Å². The van der Waals surface area contributed by atoms with E-state index in [1.165, 1.54) is 11.6 Å². The normalized spacial score (nSPS) is 10.8. The predicted octanol–water partition coefficient (Wildman–Crippen LogP) is 5.21. The van der Waals surface area contributed by atoms with Crippen molar-refractivity contribution in [2.45, 2.75) is 13.3 Å². The minimum Gasteiger partial charge on any atom is -0.323 e. The van der Waals surface area contributed by atoms with Gasteiger partial charge >= 0.3 is 0 Å². The van der Waals surface area contributed by atoms with Crippen molar-refractivity contribution in [3.05, 3.63) is 69.7 Å². The van der Waals surface area contributed by atoms with Crippen LogP contribution in [0.4, 0.5) is 5.69 Å². The number of carbonyl (C=O) groups excluding carboxylic acids is 1. The molecule has 0 bridgehead atoms. The highest BCUT2D eigenvalue weighted by Gasteiger charge is 2.00. The molecule has 0 unspecified atom stereocenters. The zero-order valence-electron chi connectivity index (χ0n) is 11.6. The van der Waals surface area contributed by atoms with Gasteiger partial charge in [0.2, 0.25) is 5.91 Å². The molecule has 0 atom stereocenters. The highest BCUT2D eigenvalue weighted by Crippen LogP contribution is 2.23. The molecule has 0 radical (unpaired) electrons. The lowest BCUT2D eigenvalue weighted by molar-refractivity contribution is -0.111. The van der Waals surface area contributed by atoms with Crippen molar-refractivity contribution < 1.29 is 4.79 Å². The molecule has 0 fully saturated rings. The maximum absolute atomic E-state index is 11.8. The van der Waals surface area contributed by atoms with Crippen molar-refractivity contribution in [1.82, 2.24) is 0 Å². The Balaban J connectivity index is 1.99. The molecule has 108 valence electrons. The first-order valence-electron chi connectivity index (χ1n) is 6.61. The van der Waals surface area contributed by atoms with E-state index in [9.17, 15) is 4.79 Å². The lowest BCUT2D eigenvalue weighted by Gasteiger charge is -2.03. The molecule has 2 rings (SSSR count). The summed E-state index contributed by atoms with van der Waals surface area (Å²) in [5.74, 6) is -0.190. The molecule has 2 aromatic rings. The number of hydrogen-bond donors (Lipinski definition) is 1.